The first kappa shape index (κ1) is 17.4. The van der Waals surface area contributed by atoms with Gasteiger partial charge in [-0.3, -0.25) is 9.59 Å². The van der Waals surface area contributed by atoms with E-state index in [1.54, 1.807) is 13.8 Å². The Hall–Kier alpha value is -2.41. The molecule has 2 aromatic rings. The minimum atomic E-state index is -1.00. The predicted molar refractivity (Wildman–Crippen MR) is 87.9 cm³/mol. The molecule has 1 atom stereocenters. The summed E-state index contributed by atoms with van der Waals surface area (Å²) in [5.41, 5.74) is -0.892. The van der Waals surface area contributed by atoms with Gasteiger partial charge in [-0.05, 0) is 32.4 Å². The molecule has 0 saturated carbocycles. The van der Waals surface area contributed by atoms with Crippen LogP contribution in [0, 0.1) is 18.2 Å². The van der Waals surface area contributed by atoms with E-state index in [0.717, 1.165) is 0 Å². The molecule has 25 heavy (non-hydrogen) atoms. The molecule has 1 aliphatic heterocycles. The van der Waals surface area contributed by atoms with E-state index in [1.807, 2.05) is 0 Å². The van der Waals surface area contributed by atoms with Crippen molar-refractivity contribution in [3.05, 3.63) is 40.4 Å². The van der Waals surface area contributed by atoms with Gasteiger partial charge in [-0.2, -0.15) is 0 Å². The van der Waals surface area contributed by atoms with E-state index in [2.05, 4.69) is 5.16 Å². The molecule has 1 aromatic heterocycles. The molecule has 1 amide bonds. The first-order valence-electron chi connectivity index (χ1n) is 7.68. The SMILES string of the molecule is Cc1onc(-c2c(F)cccc2Cl)c1C(=O)N1CCC(C)(C(=O)O)C1. The van der Waals surface area contributed by atoms with Crippen LogP contribution in [0.5, 0.6) is 0 Å². The average Bonchev–Trinajstić information content (AvgIpc) is 3.12. The van der Waals surface area contributed by atoms with Crippen molar-refractivity contribution < 1.29 is 23.6 Å². The number of carboxylic acid groups (broad SMARTS) is 1. The molecule has 1 aliphatic rings. The Bertz CT molecular complexity index is 846. The van der Waals surface area contributed by atoms with Crippen LogP contribution >= 0.6 is 11.6 Å². The maximum atomic E-state index is 14.2. The van der Waals surface area contributed by atoms with Gasteiger partial charge in [0.1, 0.15) is 22.8 Å². The third-order valence-corrected chi connectivity index (χ3v) is 4.87. The highest BCUT2D eigenvalue weighted by Crippen LogP contribution is 2.36. The van der Waals surface area contributed by atoms with Crippen molar-refractivity contribution >= 4 is 23.5 Å². The Morgan fingerprint density at radius 3 is 2.76 bits per heavy atom. The van der Waals surface area contributed by atoms with Gasteiger partial charge in [-0.25, -0.2) is 4.39 Å². The Morgan fingerprint density at radius 1 is 1.44 bits per heavy atom. The molecule has 1 fully saturated rings. The summed E-state index contributed by atoms with van der Waals surface area (Å²) in [6, 6.07) is 4.17. The number of aromatic nitrogens is 1. The minimum Gasteiger partial charge on any atom is -0.481 e. The van der Waals surface area contributed by atoms with Crippen LogP contribution < -0.4 is 0 Å². The largest absolute Gasteiger partial charge is 0.481 e. The molecule has 2 heterocycles. The second-order valence-electron chi connectivity index (χ2n) is 6.40. The Kier molecular flexibility index (Phi) is 4.28. The average molecular weight is 367 g/mol. The molecule has 1 saturated heterocycles. The van der Waals surface area contributed by atoms with E-state index >= 15 is 0 Å². The fraction of sp³-hybridized carbons (Fsp3) is 0.353. The van der Waals surface area contributed by atoms with Gasteiger partial charge >= 0.3 is 5.97 Å². The van der Waals surface area contributed by atoms with Gasteiger partial charge in [-0.15, -0.1) is 0 Å². The Morgan fingerprint density at radius 2 is 2.16 bits per heavy atom. The van der Waals surface area contributed by atoms with Crippen LogP contribution in [-0.4, -0.2) is 40.1 Å². The Balaban J connectivity index is 2.01. The monoisotopic (exact) mass is 366 g/mol. The first-order valence-corrected chi connectivity index (χ1v) is 8.06. The van der Waals surface area contributed by atoms with Crippen molar-refractivity contribution in [2.24, 2.45) is 5.41 Å². The molecule has 0 radical (unpaired) electrons. The number of aliphatic carboxylic acids is 1. The molecule has 0 bridgehead atoms. The zero-order valence-corrected chi connectivity index (χ0v) is 14.4. The van der Waals surface area contributed by atoms with Crippen LogP contribution in [-0.2, 0) is 4.79 Å². The Labute approximate surface area is 148 Å². The van der Waals surface area contributed by atoms with Gasteiger partial charge in [0.25, 0.3) is 5.91 Å². The second-order valence-corrected chi connectivity index (χ2v) is 6.81. The third kappa shape index (κ3) is 2.89. The summed E-state index contributed by atoms with van der Waals surface area (Å²) in [6.07, 6.45) is 0.341. The lowest BCUT2D eigenvalue weighted by molar-refractivity contribution is -0.147. The summed E-state index contributed by atoms with van der Waals surface area (Å²) in [4.78, 5) is 25.7. The number of aryl methyl sites for hydroxylation is 1. The summed E-state index contributed by atoms with van der Waals surface area (Å²) in [5, 5.41) is 13.2. The van der Waals surface area contributed by atoms with Crippen molar-refractivity contribution in [1.29, 1.82) is 0 Å². The molecule has 132 valence electrons. The number of carbonyl (C=O) groups excluding carboxylic acids is 1. The maximum Gasteiger partial charge on any atom is 0.311 e. The molecule has 1 aromatic carbocycles. The van der Waals surface area contributed by atoms with Gasteiger partial charge in [0, 0.05) is 13.1 Å². The summed E-state index contributed by atoms with van der Waals surface area (Å²) < 4.78 is 19.3. The number of likely N-dealkylation sites (tertiary alicyclic amines) is 1. The molecule has 3 rings (SSSR count). The van der Waals surface area contributed by atoms with E-state index < -0.39 is 23.1 Å². The summed E-state index contributed by atoms with van der Waals surface area (Å²) in [5.74, 6) is -1.80. The lowest BCUT2D eigenvalue weighted by Gasteiger charge is -2.20. The molecule has 1 unspecified atom stereocenters. The molecule has 6 nitrogen and oxygen atoms in total. The number of benzene rings is 1. The van der Waals surface area contributed by atoms with Crippen molar-refractivity contribution in [2.75, 3.05) is 13.1 Å². The molecular formula is C17H16ClFN2O4. The standard InChI is InChI=1S/C17H16ClFN2O4/c1-9-12(15(22)21-7-6-17(2,8-21)16(23)24)14(20-25-9)13-10(18)4-3-5-11(13)19/h3-5H,6-8H2,1-2H3,(H,23,24). The van der Waals surface area contributed by atoms with Crippen LogP contribution in [0.3, 0.4) is 0 Å². The van der Waals surface area contributed by atoms with Gasteiger partial charge in [0.15, 0.2) is 0 Å². The van der Waals surface area contributed by atoms with Crippen molar-refractivity contribution in [3.63, 3.8) is 0 Å². The number of rotatable bonds is 3. The van der Waals surface area contributed by atoms with E-state index in [-0.39, 0.29) is 40.7 Å². The number of hydrogen-bond donors (Lipinski definition) is 1. The normalized spacial score (nSPS) is 20.1. The first-order chi connectivity index (χ1) is 11.7. The highest BCUT2D eigenvalue weighted by atomic mass is 35.5. The maximum absolute atomic E-state index is 14.2. The molecule has 1 N–H and O–H groups in total. The summed E-state index contributed by atoms with van der Waals surface area (Å²) >= 11 is 6.07. The number of amides is 1. The van der Waals surface area contributed by atoms with Crippen LogP contribution in [0.1, 0.15) is 29.5 Å². The molecule has 0 spiro atoms. The van der Waals surface area contributed by atoms with Gasteiger partial charge in [-0.1, -0.05) is 22.8 Å². The zero-order chi connectivity index (χ0) is 18.4. The minimum absolute atomic E-state index is 0.00967. The zero-order valence-electron chi connectivity index (χ0n) is 13.7. The van der Waals surface area contributed by atoms with Crippen molar-refractivity contribution in [2.45, 2.75) is 20.3 Å². The summed E-state index contributed by atoms with van der Waals surface area (Å²) in [6.45, 7) is 3.50. The van der Waals surface area contributed by atoms with Crippen molar-refractivity contribution in [1.82, 2.24) is 10.1 Å². The molecule has 0 aliphatic carbocycles. The number of nitrogens with zero attached hydrogens (tertiary/aromatic N) is 2. The molecular weight excluding hydrogens is 351 g/mol. The number of halogens is 2. The van der Waals surface area contributed by atoms with Crippen molar-refractivity contribution in [3.8, 4) is 11.3 Å². The predicted octanol–water partition coefficient (Wildman–Crippen LogP) is 3.38. The van der Waals surface area contributed by atoms with Crippen LogP contribution in [0.4, 0.5) is 4.39 Å². The van der Waals surface area contributed by atoms with Crippen LogP contribution in [0.15, 0.2) is 22.7 Å². The van der Waals surface area contributed by atoms with Gasteiger partial charge in [0.05, 0.1) is 16.0 Å². The highest BCUT2D eigenvalue weighted by molar-refractivity contribution is 6.33. The van der Waals surface area contributed by atoms with E-state index in [1.165, 1.54) is 23.1 Å². The second kappa shape index (κ2) is 6.15. The van der Waals surface area contributed by atoms with Crippen LogP contribution in [0.25, 0.3) is 11.3 Å². The van der Waals surface area contributed by atoms with E-state index in [9.17, 15) is 19.1 Å². The quantitative estimate of drug-likeness (QED) is 0.900. The smallest absolute Gasteiger partial charge is 0.311 e. The topological polar surface area (TPSA) is 83.6 Å². The lowest BCUT2D eigenvalue weighted by atomic mass is 9.90. The number of hydrogen-bond acceptors (Lipinski definition) is 4. The fourth-order valence-corrected chi connectivity index (χ4v) is 3.24. The van der Waals surface area contributed by atoms with E-state index in [4.69, 9.17) is 16.1 Å². The van der Waals surface area contributed by atoms with Crippen LogP contribution in [0.2, 0.25) is 5.02 Å². The summed E-state index contributed by atoms with van der Waals surface area (Å²) in [7, 11) is 0. The third-order valence-electron chi connectivity index (χ3n) is 4.55. The van der Waals surface area contributed by atoms with E-state index in [0.29, 0.717) is 6.42 Å². The highest BCUT2D eigenvalue weighted by Gasteiger charge is 2.43. The number of carboxylic acids is 1. The fourth-order valence-electron chi connectivity index (χ4n) is 2.99. The van der Waals surface area contributed by atoms with Gasteiger partial charge in [0.2, 0.25) is 0 Å². The lowest BCUT2D eigenvalue weighted by Crippen LogP contribution is -2.35. The molecule has 8 heteroatoms. The number of carbonyl (C=O) groups is 2. The van der Waals surface area contributed by atoms with Gasteiger partial charge < -0.3 is 14.5 Å².